The lowest BCUT2D eigenvalue weighted by Crippen LogP contribution is -1.99. The zero-order chi connectivity index (χ0) is 20.9. The number of aromatic carboxylic acids is 1. The van der Waals surface area contributed by atoms with Crippen LogP contribution in [0.5, 0.6) is 5.75 Å². The molecular weight excluding hydrogens is 372 g/mol. The number of fused-ring (bicyclic) bond motifs is 1. The van der Waals surface area contributed by atoms with Crippen LogP contribution in [0.1, 0.15) is 32.6 Å². The van der Waals surface area contributed by atoms with Gasteiger partial charge in [0.2, 0.25) is 0 Å². The predicted molar refractivity (Wildman–Crippen MR) is 120 cm³/mol. The Labute approximate surface area is 176 Å². The second kappa shape index (κ2) is 8.83. The number of benzene rings is 4. The summed E-state index contributed by atoms with van der Waals surface area (Å²) in [5.74, 6) is -1.29. The van der Waals surface area contributed by atoms with Gasteiger partial charge in [-0.1, -0.05) is 72.8 Å². The number of carbonyl (C=O) groups is 1. The minimum atomic E-state index is -1.11. The van der Waals surface area contributed by atoms with Crippen LogP contribution in [-0.4, -0.2) is 16.2 Å². The van der Waals surface area contributed by atoms with Gasteiger partial charge in [0.25, 0.3) is 0 Å². The van der Waals surface area contributed by atoms with Crippen LogP contribution in [0.2, 0.25) is 0 Å². The first-order valence-corrected chi connectivity index (χ1v) is 10.2. The van der Waals surface area contributed by atoms with Gasteiger partial charge in [-0.2, -0.15) is 0 Å². The van der Waals surface area contributed by atoms with Gasteiger partial charge in [-0.05, 0) is 70.8 Å². The molecule has 0 aromatic heterocycles. The SMILES string of the molecule is O=C(O)c1ccc(CCc2cccc(CCc3ccc4ccccc4c3)c2)cc1O. The summed E-state index contributed by atoms with van der Waals surface area (Å²) in [5.41, 5.74) is 4.76. The number of aryl methyl sites for hydroxylation is 4. The fourth-order valence-electron chi connectivity index (χ4n) is 3.83. The zero-order valence-electron chi connectivity index (χ0n) is 16.7. The fourth-order valence-corrected chi connectivity index (χ4v) is 3.83. The van der Waals surface area contributed by atoms with E-state index in [-0.39, 0.29) is 11.3 Å². The number of rotatable bonds is 7. The van der Waals surface area contributed by atoms with Gasteiger partial charge in [0.05, 0.1) is 0 Å². The van der Waals surface area contributed by atoms with Crippen molar-refractivity contribution in [3.63, 3.8) is 0 Å². The molecule has 0 heterocycles. The Morgan fingerprint density at radius 2 is 1.17 bits per heavy atom. The second-order valence-corrected chi connectivity index (χ2v) is 7.66. The van der Waals surface area contributed by atoms with E-state index in [1.54, 1.807) is 12.1 Å². The average molecular weight is 396 g/mol. The molecule has 0 saturated carbocycles. The van der Waals surface area contributed by atoms with E-state index in [4.69, 9.17) is 5.11 Å². The van der Waals surface area contributed by atoms with E-state index in [0.717, 1.165) is 31.2 Å². The highest BCUT2D eigenvalue weighted by atomic mass is 16.4. The largest absolute Gasteiger partial charge is 0.507 e. The van der Waals surface area contributed by atoms with E-state index < -0.39 is 5.97 Å². The minimum Gasteiger partial charge on any atom is -0.507 e. The first-order chi connectivity index (χ1) is 14.6. The summed E-state index contributed by atoms with van der Waals surface area (Å²) in [6, 6.07) is 28.5. The van der Waals surface area contributed by atoms with Crippen molar-refractivity contribution in [2.24, 2.45) is 0 Å². The summed E-state index contributed by atoms with van der Waals surface area (Å²) >= 11 is 0. The van der Waals surface area contributed by atoms with Crippen molar-refractivity contribution in [3.05, 3.63) is 113 Å². The van der Waals surface area contributed by atoms with Crippen LogP contribution >= 0.6 is 0 Å². The van der Waals surface area contributed by atoms with Gasteiger partial charge in [0.1, 0.15) is 11.3 Å². The van der Waals surface area contributed by atoms with Gasteiger partial charge in [0.15, 0.2) is 0 Å². The Hall–Kier alpha value is -3.59. The molecule has 4 rings (SSSR count). The molecule has 0 saturated heterocycles. The third-order valence-corrected chi connectivity index (χ3v) is 5.50. The Bertz CT molecular complexity index is 1190. The summed E-state index contributed by atoms with van der Waals surface area (Å²) < 4.78 is 0. The van der Waals surface area contributed by atoms with Crippen LogP contribution in [-0.2, 0) is 25.7 Å². The predicted octanol–water partition coefficient (Wildman–Crippen LogP) is 5.81. The normalized spacial score (nSPS) is 10.9. The molecule has 0 unspecified atom stereocenters. The quantitative estimate of drug-likeness (QED) is 0.414. The van der Waals surface area contributed by atoms with Crippen LogP contribution in [0.25, 0.3) is 10.8 Å². The highest BCUT2D eigenvalue weighted by Crippen LogP contribution is 2.21. The van der Waals surface area contributed by atoms with Crippen molar-refractivity contribution in [2.75, 3.05) is 0 Å². The third kappa shape index (κ3) is 4.69. The van der Waals surface area contributed by atoms with E-state index in [1.807, 2.05) is 0 Å². The zero-order valence-corrected chi connectivity index (χ0v) is 16.7. The summed E-state index contributed by atoms with van der Waals surface area (Å²) in [5, 5.41) is 21.4. The number of hydrogen-bond donors (Lipinski definition) is 2. The molecule has 3 nitrogen and oxygen atoms in total. The van der Waals surface area contributed by atoms with Crippen molar-refractivity contribution in [1.29, 1.82) is 0 Å². The van der Waals surface area contributed by atoms with Gasteiger partial charge in [0, 0.05) is 0 Å². The molecule has 0 atom stereocenters. The molecule has 0 aliphatic carbocycles. The highest BCUT2D eigenvalue weighted by molar-refractivity contribution is 5.90. The van der Waals surface area contributed by atoms with Gasteiger partial charge in [-0.3, -0.25) is 0 Å². The van der Waals surface area contributed by atoms with Crippen molar-refractivity contribution < 1.29 is 15.0 Å². The number of hydrogen-bond acceptors (Lipinski definition) is 2. The fraction of sp³-hybridized carbons (Fsp3) is 0.148. The lowest BCUT2D eigenvalue weighted by Gasteiger charge is -2.08. The third-order valence-electron chi connectivity index (χ3n) is 5.50. The molecular formula is C27H24O3. The van der Waals surface area contributed by atoms with Gasteiger partial charge >= 0.3 is 5.97 Å². The standard InChI is InChI=1S/C27H24O3/c28-26-18-22(13-15-25(26)27(29)30)11-9-20-5-3-4-19(16-20)8-10-21-12-14-23-6-1-2-7-24(23)17-21/h1-7,12-18,28H,8-11H2,(H,29,30). The molecule has 30 heavy (non-hydrogen) atoms. The molecule has 0 fully saturated rings. The maximum absolute atomic E-state index is 11.0. The van der Waals surface area contributed by atoms with E-state index >= 15 is 0 Å². The van der Waals surface area contributed by atoms with Gasteiger partial charge < -0.3 is 10.2 Å². The molecule has 4 aromatic carbocycles. The molecule has 4 aromatic rings. The van der Waals surface area contributed by atoms with Crippen LogP contribution in [0.4, 0.5) is 0 Å². The van der Waals surface area contributed by atoms with Crippen LogP contribution in [0.3, 0.4) is 0 Å². The van der Waals surface area contributed by atoms with E-state index in [1.165, 1.54) is 33.5 Å². The van der Waals surface area contributed by atoms with E-state index in [0.29, 0.717) is 0 Å². The van der Waals surface area contributed by atoms with E-state index in [9.17, 15) is 9.90 Å². The van der Waals surface area contributed by atoms with Gasteiger partial charge in [-0.15, -0.1) is 0 Å². The summed E-state index contributed by atoms with van der Waals surface area (Å²) in [6.45, 7) is 0. The summed E-state index contributed by atoms with van der Waals surface area (Å²) in [4.78, 5) is 11.0. The smallest absolute Gasteiger partial charge is 0.339 e. The molecule has 150 valence electrons. The Balaban J connectivity index is 1.38. The monoisotopic (exact) mass is 396 g/mol. The number of aromatic hydroxyl groups is 1. The molecule has 0 bridgehead atoms. The molecule has 0 aliphatic rings. The first kappa shape index (κ1) is 19.7. The van der Waals surface area contributed by atoms with Crippen LogP contribution in [0.15, 0.2) is 84.9 Å². The number of carboxylic acid groups (broad SMARTS) is 1. The van der Waals surface area contributed by atoms with Crippen molar-refractivity contribution in [1.82, 2.24) is 0 Å². The maximum Gasteiger partial charge on any atom is 0.339 e. The average Bonchev–Trinajstić information content (AvgIpc) is 2.76. The summed E-state index contributed by atoms with van der Waals surface area (Å²) in [7, 11) is 0. The molecule has 0 radical (unpaired) electrons. The lowest BCUT2D eigenvalue weighted by molar-refractivity contribution is 0.0693. The van der Waals surface area contributed by atoms with Gasteiger partial charge in [-0.25, -0.2) is 4.79 Å². The second-order valence-electron chi connectivity index (χ2n) is 7.66. The number of phenols is 1. The van der Waals surface area contributed by atoms with Crippen LogP contribution < -0.4 is 0 Å². The Morgan fingerprint density at radius 3 is 1.80 bits per heavy atom. The molecule has 2 N–H and O–H groups in total. The Morgan fingerprint density at radius 1 is 0.600 bits per heavy atom. The lowest BCUT2D eigenvalue weighted by atomic mass is 9.98. The molecule has 3 heteroatoms. The molecule has 0 spiro atoms. The maximum atomic E-state index is 11.0. The summed E-state index contributed by atoms with van der Waals surface area (Å²) in [6.07, 6.45) is 3.58. The number of carboxylic acids is 1. The first-order valence-electron chi connectivity index (χ1n) is 10.2. The minimum absolute atomic E-state index is 0.0607. The Kier molecular flexibility index (Phi) is 5.80. The van der Waals surface area contributed by atoms with Crippen molar-refractivity contribution >= 4 is 16.7 Å². The molecule has 0 amide bonds. The topological polar surface area (TPSA) is 57.5 Å². The van der Waals surface area contributed by atoms with Crippen molar-refractivity contribution in [3.8, 4) is 5.75 Å². The van der Waals surface area contributed by atoms with E-state index in [2.05, 4.69) is 66.7 Å². The van der Waals surface area contributed by atoms with Crippen LogP contribution in [0, 0.1) is 0 Å². The highest BCUT2D eigenvalue weighted by Gasteiger charge is 2.09. The molecule has 0 aliphatic heterocycles. The van der Waals surface area contributed by atoms with Crippen molar-refractivity contribution in [2.45, 2.75) is 25.7 Å².